The number of fused-ring (bicyclic) bond motifs is 3. The van der Waals surface area contributed by atoms with Crippen molar-refractivity contribution in [2.45, 2.75) is 18.7 Å². The monoisotopic (exact) mass is 225 g/mol. The van der Waals surface area contributed by atoms with E-state index in [9.17, 15) is 0 Å². The van der Waals surface area contributed by atoms with E-state index in [-0.39, 0.29) is 0 Å². The maximum Gasteiger partial charge on any atom is 0.113 e. The first-order valence-electron chi connectivity index (χ1n) is 4.50. The summed E-state index contributed by atoms with van der Waals surface area (Å²) in [6, 6.07) is 1.99. The van der Waals surface area contributed by atoms with E-state index in [0.29, 0.717) is 5.88 Å². The highest BCUT2D eigenvalue weighted by Crippen LogP contribution is 2.37. The van der Waals surface area contributed by atoms with Gasteiger partial charge in [-0.2, -0.15) is 0 Å². The van der Waals surface area contributed by atoms with E-state index in [4.69, 9.17) is 16.0 Å². The van der Waals surface area contributed by atoms with E-state index in [0.717, 1.165) is 34.9 Å². The van der Waals surface area contributed by atoms with Crippen molar-refractivity contribution in [3.63, 3.8) is 0 Å². The van der Waals surface area contributed by atoms with Crippen molar-refractivity contribution in [3.05, 3.63) is 28.0 Å². The Balaban J connectivity index is 2.20. The van der Waals surface area contributed by atoms with Crippen molar-refractivity contribution < 1.29 is 4.42 Å². The molecule has 0 unspecified atom stereocenters. The third kappa shape index (κ3) is 1.12. The van der Waals surface area contributed by atoms with Gasteiger partial charge in [0.05, 0.1) is 17.8 Å². The first kappa shape index (κ1) is 8.50. The molecule has 0 aliphatic heterocycles. The molecule has 0 bridgehead atoms. The Morgan fingerprint density at radius 3 is 3.29 bits per heavy atom. The van der Waals surface area contributed by atoms with Gasteiger partial charge in [0.2, 0.25) is 0 Å². The normalized spacial score (nSPS) is 13.8. The largest absolute Gasteiger partial charge is 0.469 e. The van der Waals surface area contributed by atoms with Gasteiger partial charge in [-0.25, -0.2) is 4.98 Å². The van der Waals surface area contributed by atoms with Gasteiger partial charge in [-0.05, 0) is 12.5 Å². The number of hydrogen-bond acceptors (Lipinski definition) is 3. The first-order valence-corrected chi connectivity index (χ1v) is 5.85. The summed E-state index contributed by atoms with van der Waals surface area (Å²) in [6.45, 7) is 0. The molecule has 0 fully saturated rings. The molecule has 0 radical (unpaired) electrons. The maximum atomic E-state index is 5.77. The lowest BCUT2D eigenvalue weighted by Crippen LogP contribution is -1.98. The molecule has 0 aromatic carbocycles. The van der Waals surface area contributed by atoms with E-state index >= 15 is 0 Å². The average Bonchev–Trinajstić information content (AvgIpc) is 2.82. The molecule has 72 valence electrons. The summed E-state index contributed by atoms with van der Waals surface area (Å²) in [5, 5.41) is 1.01. The van der Waals surface area contributed by atoms with Crippen LogP contribution in [0, 0.1) is 0 Å². The van der Waals surface area contributed by atoms with Gasteiger partial charge in [0.1, 0.15) is 10.8 Å². The molecular weight excluding hydrogens is 218 g/mol. The number of nitrogens with zero attached hydrogens (tertiary/aromatic N) is 1. The molecule has 0 spiro atoms. The van der Waals surface area contributed by atoms with Crippen molar-refractivity contribution in [2.24, 2.45) is 0 Å². The molecule has 0 atom stereocenters. The zero-order valence-corrected chi connectivity index (χ0v) is 8.99. The summed E-state index contributed by atoms with van der Waals surface area (Å²) in [5.41, 5.74) is 2.24. The van der Waals surface area contributed by atoms with Crippen molar-refractivity contribution >= 4 is 22.9 Å². The van der Waals surface area contributed by atoms with E-state index in [1.807, 2.05) is 6.07 Å². The lowest BCUT2D eigenvalue weighted by molar-refractivity contribution is 0.508. The molecule has 14 heavy (non-hydrogen) atoms. The van der Waals surface area contributed by atoms with Crippen molar-refractivity contribution in [3.8, 4) is 11.3 Å². The lowest BCUT2D eigenvalue weighted by atomic mass is 10.0. The van der Waals surface area contributed by atoms with Gasteiger partial charge in [-0.1, -0.05) is 0 Å². The highest BCUT2D eigenvalue weighted by molar-refractivity contribution is 7.12. The fraction of sp³-hybridized carbons (Fsp3) is 0.300. The Morgan fingerprint density at radius 2 is 2.43 bits per heavy atom. The van der Waals surface area contributed by atoms with Crippen molar-refractivity contribution in [1.82, 2.24) is 4.98 Å². The number of furan rings is 1. The SMILES string of the molecule is ClCc1nc2c(s1)CCc1occc1-2. The molecule has 2 aromatic heterocycles. The Morgan fingerprint density at radius 1 is 1.50 bits per heavy atom. The fourth-order valence-corrected chi connectivity index (χ4v) is 2.97. The Hall–Kier alpha value is -0.800. The number of aryl methyl sites for hydroxylation is 2. The highest BCUT2D eigenvalue weighted by Gasteiger charge is 2.22. The number of thiazole rings is 1. The zero-order chi connectivity index (χ0) is 9.54. The standard InChI is InChI=1S/C10H8ClNOS/c11-5-9-12-10-6-3-4-13-7(6)1-2-8(10)14-9/h3-4H,1-2,5H2. The molecule has 1 aliphatic rings. The molecule has 0 amide bonds. The predicted octanol–water partition coefficient (Wildman–Crippen LogP) is 3.24. The van der Waals surface area contributed by atoms with Crippen LogP contribution in [0.2, 0.25) is 0 Å². The minimum absolute atomic E-state index is 0.505. The van der Waals surface area contributed by atoms with Crippen LogP contribution in [0.4, 0.5) is 0 Å². The molecule has 0 N–H and O–H groups in total. The minimum atomic E-state index is 0.505. The van der Waals surface area contributed by atoms with Gasteiger partial charge in [0.15, 0.2) is 0 Å². The van der Waals surface area contributed by atoms with Gasteiger partial charge in [-0.15, -0.1) is 22.9 Å². The third-order valence-electron chi connectivity index (χ3n) is 2.44. The molecule has 1 aliphatic carbocycles. The van der Waals surface area contributed by atoms with Crippen LogP contribution in [0.5, 0.6) is 0 Å². The minimum Gasteiger partial charge on any atom is -0.469 e. The zero-order valence-electron chi connectivity index (χ0n) is 7.42. The van der Waals surface area contributed by atoms with Crippen LogP contribution in [-0.2, 0) is 18.7 Å². The number of halogens is 1. The predicted molar refractivity (Wildman–Crippen MR) is 56.8 cm³/mol. The topological polar surface area (TPSA) is 26.0 Å². The van der Waals surface area contributed by atoms with Crippen LogP contribution in [0.3, 0.4) is 0 Å². The van der Waals surface area contributed by atoms with Crippen LogP contribution >= 0.6 is 22.9 Å². The number of hydrogen-bond donors (Lipinski definition) is 0. The summed E-state index contributed by atoms with van der Waals surface area (Å²) in [6.07, 6.45) is 3.75. The van der Waals surface area contributed by atoms with E-state index in [1.54, 1.807) is 17.6 Å². The second kappa shape index (κ2) is 3.11. The van der Waals surface area contributed by atoms with Gasteiger partial charge < -0.3 is 4.42 Å². The summed E-state index contributed by atoms with van der Waals surface area (Å²) in [4.78, 5) is 5.85. The second-order valence-corrected chi connectivity index (χ2v) is 4.71. The van der Waals surface area contributed by atoms with Crippen LogP contribution in [0.25, 0.3) is 11.3 Å². The van der Waals surface area contributed by atoms with Gasteiger partial charge in [0, 0.05) is 16.9 Å². The maximum absolute atomic E-state index is 5.77. The van der Waals surface area contributed by atoms with Crippen LogP contribution in [0.1, 0.15) is 15.6 Å². The average molecular weight is 226 g/mol. The molecule has 2 nitrogen and oxygen atoms in total. The lowest BCUT2D eigenvalue weighted by Gasteiger charge is -2.07. The molecular formula is C10H8ClNOS. The number of rotatable bonds is 1. The van der Waals surface area contributed by atoms with Crippen LogP contribution < -0.4 is 0 Å². The van der Waals surface area contributed by atoms with Gasteiger partial charge in [-0.3, -0.25) is 0 Å². The van der Waals surface area contributed by atoms with Gasteiger partial charge >= 0.3 is 0 Å². The fourth-order valence-electron chi connectivity index (χ4n) is 1.81. The van der Waals surface area contributed by atoms with E-state index in [1.165, 1.54) is 4.88 Å². The summed E-state index contributed by atoms with van der Waals surface area (Å²) >= 11 is 7.49. The van der Waals surface area contributed by atoms with Gasteiger partial charge in [0.25, 0.3) is 0 Å². The first-order chi connectivity index (χ1) is 6.88. The smallest absolute Gasteiger partial charge is 0.113 e. The second-order valence-electron chi connectivity index (χ2n) is 3.27. The number of aromatic nitrogens is 1. The van der Waals surface area contributed by atoms with Crippen molar-refractivity contribution in [1.29, 1.82) is 0 Å². The highest BCUT2D eigenvalue weighted by atomic mass is 35.5. The molecule has 2 heterocycles. The van der Waals surface area contributed by atoms with Crippen molar-refractivity contribution in [2.75, 3.05) is 0 Å². The molecule has 3 rings (SSSR count). The molecule has 0 saturated carbocycles. The molecule has 2 aromatic rings. The Labute approximate surface area is 90.5 Å². The summed E-state index contributed by atoms with van der Waals surface area (Å²) < 4.78 is 5.39. The third-order valence-corrected chi connectivity index (χ3v) is 3.96. The molecule has 0 saturated heterocycles. The Kier molecular flexibility index (Phi) is 1.89. The van der Waals surface area contributed by atoms with Crippen LogP contribution in [0.15, 0.2) is 16.7 Å². The number of alkyl halides is 1. The van der Waals surface area contributed by atoms with E-state index < -0.39 is 0 Å². The quantitative estimate of drug-likeness (QED) is 0.697. The summed E-state index contributed by atoms with van der Waals surface area (Å²) in [5.74, 6) is 1.56. The van der Waals surface area contributed by atoms with E-state index in [2.05, 4.69) is 4.98 Å². The summed E-state index contributed by atoms with van der Waals surface area (Å²) in [7, 11) is 0. The van der Waals surface area contributed by atoms with Crippen LogP contribution in [-0.4, -0.2) is 4.98 Å². The molecule has 4 heteroatoms. The Bertz CT molecular complexity index is 474.